The number of aromatic nitrogens is 1. The van der Waals surface area contributed by atoms with Gasteiger partial charge in [0, 0.05) is 48.7 Å². The first kappa shape index (κ1) is 39.3. The van der Waals surface area contributed by atoms with Gasteiger partial charge >= 0.3 is 0 Å². The van der Waals surface area contributed by atoms with E-state index >= 15 is 0 Å². The number of nitrogen functional groups attached to an aromatic ring is 1. The second kappa shape index (κ2) is 18.7. The number of anilines is 1. The highest BCUT2D eigenvalue weighted by molar-refractivity contribution is 6.00. The van der Waals surface area contributed by atoms with Crippen molar-refractivity contribution in [3.63, 3.8) is 0 Å². The predicted molar refractivity (Wildman–Crippen MR) is 206 cm³/mol. The summed E-state index contributed by atoms with van der Waals surface area (Å²) in [6.07, 6.45) is 2.07. The Morgan fingerprint density at radius 3 is 2.13 bits per heavy atom. The molecule has 17 heteroatoms. The van der Waals surface area contributed by atoms with Gasteiger partial charge in [-0.05, 0) is 42.2 Å². The Kier molecular flexibility index (Phi) is 13.4. The normalized spacial score (nSPS) is 19.7. The average molecular weight is 752 g/mol. The first-order valence-electron chi connectivity index (χ1n) is 17.7. The number of nitrogens with zero attached hydrogens (tertiary/aromatic N) is 1. The summed E-state index contributed by atoms with van der Waals surface area (Å²) in [5, 5.41) is 16.8. The second-order valence-corrected chi connectivity index (χ2v) is 13.0. The van der Waals surface area contributed by atoms with Crippen molar-refractivity contribution in [3.8, 4) is 0 Å². The summed E-state index contributed by atoms with van der Waals surface area (Å²) < 4.78 is 0. The lowest BCUT2D eigenvalue weighted by Crippen LogP contribution is -2.60. The molecule has 0 radical (unpaired) electrons. The molecule has 0 spiro atoms. The van der Waals surface area contributed by atoms with Gasteiger partial charge in [-0.25, -0.2) is 0 Å². The maximum Gasteiger partial charge on any atom is 0.253 e. The minimum absolute atomic E-state index is 0.0278. The number of para-hydroxylation sites is 2. The van der Waals surface area contributed by atoms with Crippen molar-refractivity contribution < 1.29 is 28.8 Å². The van der Waals surface area contributed by atoms with Crippen LogP contribution in [0.4, 0.5) is 5.69 Å². The number of benzene rings is 3. The Labute approximate surface area is 316 Å². The molecule has 55 heavy (non-hydrogen) atoms. The lowest BCUT2D eigenvalue weighted by atomic mass is 10.0. The van der Waals surface area contributed by atoms with Gasteiger partial charge < -0.3 is 54.1 Å². The molecule has 1 fully saturated rings. The Balaban J connectivity index is 1.48. The lowest BCUT2D eigenvalue weighted by molar-refractivity contribution is -0.134. The Morgan fingerprint density at radius 1 is 0.727 bits per heavy atom. The molecule has 4 aromatic rings. The van der Waals surface area contributed by atoms with Gasteiger partial charge in [-0.1, -0.05) is 60.7 Å². The van der Waals surface area contributed by atoms with E-state index in [1.807, 2.05) is 24.3 Å². The highest BCUT2D eigenvalue weighted by atomic mass is 16.2. The molecular weight excluding hydrogens is 706 g/mol. The molecule has 5 rings (SSSR count). The summed E-state index contributed by atoms with van der Waals surface area (Å²) in [4.78, 5) is 89.2. The number of fused-ring (bicyclic) bond motifs is 1. The Morgan fingerprint density at radius 2 is 1.36 bits per heavy atom. The van der Waals surface area contributed by atoms with Gasteiger partial charge in [-0.15, -0.1) is 0 Å². The molecule has 288 valence electrons. The molecule has 4 atom stereocenters. The maximum atomic E-state index is 14.1. The fourth-order valence-corrected chi connectivity index (χ4v) is 6.12. The molecule has 6 amide bonds. The SMILES string of the molecule is NC(N)=NCCC[C@@H]1NC(=O)[C@H](Cc2c[nH]c3ccccc23)NC(=O)CNC(=O)[C@H](Cc2ccccc2)NC(=O)[C@H](CNC(=O)c2ccccc2N)NC1=O. The number of nitrogens with two attached hydrogens (primary N) is 3. The van der Waals surface area contributed by atoms with Crippen molar-refractivity contribution in [1.82, 2.24) is 36.9 Å². The van der Waals surface area contributed by atoms with Crippen molar-refractivity contribution in [2.24, 2.45) is 16.5 Å². The van der Waals surface area contributed by atoms with E-state index in [1.165, 1.54) is 6.07 Å². The summed E-state index contributed by atoms with van der Waals surface area (Å²) in [6, 6.07) is 17.6. The quantitative estimate of drug-likeness (QED) is 0.0392. The molecule has 13 N–H and O–H groups in total. The van der Waals surface area contributed by atoms with Crippen LogP contribution in [0.5, 0.6) is 0 Å². The van der Waals surface area contributed by atoms with Crippen molar-refractivity contribution >= 4 is 58.0 Å². The number of hydrogen-bond acceptors (Lipinski definition) is 8. The van der Waals surface area contributed by atoms with Gasteiger partial charge in [0.2, 0.25) is 29.5 Å². The van der Waals surface area contributed by atoms with Crippen molar-refractivity contribution in [2.75, 3.05) is 25.4 Å². The lowest BCUT2D eigenvalue weighted by Gasteiger charge is -2.26. The van der Waals surface area contributed by atoms with Gasteiger partial charge in [-0.3, -0.25) is 33.8 Å². The maximum absolute atomic E-state index is 14.1. The first-order valence-corrected chi connectivity index (χ1v) is 17.7. The summed E-state index contributed by atoms with van der Waals surface area (Å²) in [5.74, 6) is -4.42. The van der Waals surface area contributed by atoms with Gasteiger partial charge in [-0.2, -0.15) is 0 Å². The standard InChI is InChI=1S/C38H45N11O6/c39-26-13-6-4-12-25(26)33(51)44-20-31-37(55)48-29(17-22-9-2-1-3-10-22)34(52)45-21-32(50)46-30(18-23-19-43-27-14-7-5-11-24(23)27)36(54)47-28(35(53)49-31)15-8-16-42-38(40)41/h1-7,9-14,19,28-31,43H,8,15-18,20-21,39H2,(H,44,51)(H,45,52)(H,46,50)(H,47,54)(H,48,55)(H,49,53)(H4,40,41,42)/t28-,29-,30-,31-/m0/s1. The van der Waals surface area contributed by atoms with Gasteiger partial charge in [0.1, 0.15) is 24.2 Å². The molecule has 17 nitrogen and oxygen atoms in total. The van der Waals surface area contributed by atoms with Crippen LogP contribution in [0.1, 0.15) is 34.3 Å². The van der Waals surface area contributed by atoms with Crippen molar-refractivity contribution in [1.29, 1.82) is 0 Å². The molecule has 1 aliphatic heterocycles. The van der Waals surface area contributed by atoms with E-state index in [4.69, 9.17) is 17.2 Å². The van der Waals surface area contributed by atoms with E-state index in [2.05, 4.69) is 41.9 Å². The molecule has 0 aliphatic carbocycles. The Hall–Kier alpha value is -6.91. The highest BCUT2D eigenvalue weighted by Crippen LogP contribution is 2.19. The van der Waals surface area contributed by atoms with Crippen LogP contribution in [-0.2, 0) is 36.8 Å². The van der Waals surface area contributed by atoms with Crippen LogP contribution in [0.25, 0.3) is 10.9 Å². The zero-order valence-electron chi connectivity index (χ0n) is 30.0. The smallest absolute Gasteiger partial charge is 0.253 e. The second-order valence-electron chi connectivity index (χ2n) is 13.0. The summed E-state index contributed by atoms with van der Waals surface area (Å²) in [6.45, 7) is -0.804. The average Bonchev–Trinajstić information content (AvgIpc) is 3.58. The number of aliphatic imine (C=N–C) groups is 1. The van der Waals surface area contributed by atoms with Crippen LogP contribution >= 0.6 is 0 Å². The number of H-pyrrole nitrogens is 1. The Bertz CT molecular complexity index is 2050. The minimum Gasteiger partial charge on any atom is -0.398 e. The summed E-state index contributed by atoms with van der Waals surface area (Å²) in [7, 11) is 0. The topological polar surface area (TPSA) is 281 Å². The van der Waals surface area contributed by atoms with E-state index in [9.17, 15) is 28.8 Å². The first-order chi connectivity index (χ1) is 26.5. The fraction of sp³-hybridized carbons (Fsp3) is 0.289. The fourth-order valence-electron chi connectivity index (χ4n) is 6.12. The molecular formula is C38H45N11O6. The van der Waals surface area contributed by atoms with E-state index < -0.39 is 72.7 Å². The van der Waals surface area contributed by atoms with Crippen LogP contribution in [-0.4, -0.2) is 90.2 Å². The van der Waals surface area contributed by atoms with Crippen LogP contribution < -0.4 is 49.1 Å². The molecule has 1 aliphatic rings. The van der Waals surface area contributed by atoms with Crippen LogP contribution in [0.15, 0.2) is 90.1 Å². The monoisotopic (exact) mass is 751 g/mol. The zero-order valence-corrected chi connectivity index (χ0v) is 30.0. The number of aromatic amines is 1. The molecule has 2 heterocycles. The summed E-state index contributed by atoms with van der Waals surface area (Å²) in [5.41, 5.74) is 19.6. The van der Waals surface area contributed by atoms with Gasteiger partial charge in [0.05, 0.1) is 12.1 Å². The highest BCUT2D eigenvalue weighted by Gasteiger charge is 2.33. The summed E-state index contributed by atoms with van der Waals surface area (Å²) >= 11 is 0. The van der Waals surface area contributed by atoms with E-state index in [0.717, 1.165) is 16.5 Å². The third kappa shape index (κ3) is 11.0. The zero-order chi connectivity index (χ0) is 39.3. The third-order valence-electron chi connectivity index (χ3n) is 8.97. The number of carbonyl (C=O) groups is 6. The van der Waals surface area contributed by atoms with Crippen molar-refractivity contribution in [2.45, 2.75) is 49.9 Å². The van der Waals surface area contributed by atoms with E-state index in [-0.39, 0.29) is 49.4 Å². The molecule has 3 aromatic carbocycles. The molecule has 1 saturated heterocycles. The number of amides is 6. The molecule has 0 unspecified atom stereocenters. The number of carbonyl (C=O) groups excluding carboxylic acids is 6. The number of hydrogen-bond donors (Lipinski definition) is 10. The largest absolute Gasteiger partial charge is 0.398 e. The van der Waals surface area contributed by atoms with E-state index in [0.29, 0.717) is 5.56 Å². The molecule has 0 saturated carbocycles. The minimum atomic E-state index is -1.43. The molecule has 1 aromatic heterocycles. The van der Waals surface area contributed by atoms with Crippen LogP contribution in [0.3, 0.4) is 0 Å². The predicted octanol–water partition coefficient (Wildman–Crippen LogP) is -0.912. The molecule has 0 bridgehead atoms. The third-order valence-corrected chi connectivity index (χ3v) is 8.97. The number of guanidine groups is 1. The van der Waals surface area contributed by atoms with Crippen molar-refractivity contribution in [3.05, 3.63) is 102 Å². The number of rotatable bonds is 11. The van der Waals surface area contributed by atoms with E-state index in [1.54, 1.807) is 54.7 Å². The number of nitrogens with one attached hydrogen (secondary N) is 7. The van der Waals surface area contributed by atoms with Crippen LogP contribution in [0, 0.1) is 0 Å². The van der Waals surface area contributed by atoms with Gasteiger partial charge in [0.25, 0.3) is 5.91 Å². The van der Waals surface area contributed by atoms with Crippen LogP contribution in [0.2, 0.25) is 0 Å². The van der Waals surface area contributed by atoms with Gasteiger partial charge in [0.15, 0.2) is 5.96 Å².